The van der Waals surface area contributed by atoms with E-state index in [1.165, 1.54) is 6.33 Å². The monoisotopic (exact) mass is 327 g/mol. The predicted molar refractivity (Wildman–Crippen MR) is 92.3 cm³/mol. The number of anilines is 2. The van der Waals surface area contributed by atoms with Crippen LogP contribution in [0.2, 0.25) is 0 Å². The number of hydrogen-bond donors (Lipinski definition) is 1. The third kappa shape index (κ3) is 3.24. The smallest absolute Gasteiger partial charge is 0.242 e. The summed E-state index contributed by atoms with van der Waals surface area (Å²) < 4.78 is 5.19. The number of piperazine rings is 1. The minimum Gasteiger partial charge on any atom is -0.497 e. The summed E-state index contributed by atoms with van der Waals surface area (Å²) >= 11 is 0. The minimum absolute atomic E-state index is 0.357. The van der Waals surface area contributed by atoms with E-state index in [9.17, 15) is 4.79 Å². The molecule has 1 fully saturated rings. The number of ether oxygens (including phenoxy) is 1. The largest absolute Gasteiger partial charge is 0.497 e. The Kier molecular flexibility index (Phi) is 4.50. The van der Waals surface area contributed by atoms with Crippen molar-refractivity contribution < 1.29 is 9.53 Å². The van der Waals surface area contributed by atoms with Crippen LogP contribution in [0.15, 0.2) is 36.7 Å². The van der Waals surface area contributed by atoms with Gasteiger partial charge >= 0.3 is 0 Å². The zero-order valence-corrected chi connectivity index (χ0v) is 13.8. The van der Waals surface area contributed by atoms with Gasteiger partial charge in [0, 0.05) is 37.1 Å². The van der Waals surface area contributed by atoms with Gasteiger partial charge in [-0.05, 0) is 31.2 Å². The number of hydrogen-bond acceptors (Lipinski definition) is 6. The van der Waals surface area contributed by atoms with E-state index in [1.807, 2.05) is 42.2 Å². The van der Waals surface area contributed by atoms with Gasteiger partial charge < -0.3 is 20.3 Å². The number of carbonyl (C=O) groups excluding carboxylic acids is 1. The molecule has 1 saturated heterocycles. The summed E-state index contributed by atoms with van der Waals surface area (Å²) in [6, 6.07) is 9.24. The van der Waals surface area contributed by atoms with Crippen LogP contribution >= 0.6 is 0 Å². The molecule has 126 valence electrons. The van der Waals surface area contributed by atoms with Gasteiger partial charge in [-0.1, -0.05) is 0 Å². The summed E-state index contributed by atoms with van der Waals surface area (Å²) in [5.74, 6) is 1.19. The Bertz CT molecular complexity index is 719. The molecule has 1 aliphatic heterocycles. The van der Waals surface area contributed by atoms with Crippen molar-refractivity contribution in [3.8, 4) is 5.75 Å². The van der Waals surface area contributed by atoms with Crippen molar-refractivity contribution in [2.24, 2.45) is 5.73 Å². The lowest BCUT2D eigenvalue weighted by Gasteiger charge is -2.41. The molecule has 0 aliphatic carbocycles. The average Bonchev–Trinajstić information content (AvgIpc) is 2.61. The lowest BCUT2D eigenvalue weighted by Crippen LogP contribution is -2.58. The molecule has 1 aliphatic rings. The Morgan fingerprint density at radius 3 is 2.62 bits per heavy atom. The van der Waals surface area contributed by atoms with Crippen LogP contribution in [0.5, 0.6) is 5.75 Å². The Morgan fingerprint density at radius 2 is 2.00 bits per heavy atom. The van der Waals surface area contributed by atoms with Gasteiger partial charge in [0.05, 0.1) is 7.11 Å². The summed E-state index contributed by atoms with van der Waals surface area (Å²) in [7, 11) is 1.64. The molecule has 0 unspecified atom stereocenters. The van der Waals surface area contributed by atoms with Crippen molar-refractivity contribution in [1.82, 2.24) is 9.97 Å². The number of carbonyl (C=O) groups is 1. The van der Waals surface area contributed by atoms with Crippen LogP contribution in [-0.4, -0.2) is 48.7 Å². The number of primary amides is 1. The Hall–Kier alpha value is -2.83. The molecule has 2 N–H and O–H groups in total. The van der Waals surface area contributed by atoms with Crippen LogP contribution in [-0.2, 0) is 4.79 Å². The molecule has 0 radical (unpaired) electrons. The molecule has 0 bridgehead atoms. The van der Waals surface area contributed by atoms with Crippen LogP contribution in [0.3, 0.4) is 0 Å². The van der Waals surface area contributed by atoms with Crippen LogP contribution in [0.1, 0.15) is 5.69 Å². The van der Waals surface area contributed by atoms with Gasteiger partial charge in [0.2, 0.25) is 5.91 Å². The van der Waals surface area contributed by atoms with Crippen molar-refractivity contribution in [3.63, 3.8) is 0 Å². The normalized spacial score (nSPS) is 17.7. The Labute approximate surface area is 141 Å². The quantitative estimate of drug-likeness (QED) is 0.901. The third-order valence-corrected chi connectivity index (χ3v) is 4.23. The van der Waals surface area contributed by atoms with Crippen LogP contribution in [0.4, 0.5) is 11.5 Å². The van der Waals surface area contributed by atoms with Crippen LogP contribution in [0.25, 0.3) is 0 Å². The van der Waals surface area contributed by atoms with Crippen molar-refractivity contribution >= 4 is 17.4 Å². The number of nitrogens with zero attached hydrogens (tertiary/aromatic N) is 4. The molecule has 3 rings (SSSR count). The molecule has 0 spiro atoms. The molecule has 1 atom stereocenters. The first kappa shape index (κ1) is 16.0. The topological polar surface area (TPSA) is 84.6 Å². The summed E-state index contributed by atoms with van der Waals surface area (Å²) in [4.78, 5) is 24.5. The SMILES string of the molecule is COc1ccc(N2CCN(c3cc(C)ncn3)[C@H](C(N)=O)C2)cc1. The first-order chi connectivity index (χ1) is 11.6. The number of amides is 1. The second kappa shape index (κ2) is 6.74. The van der Waals surface area contributed by atoms with E-state index in [1.54, 1.807) is 7.11 Å². The van der Waals surface area contributed by atoms with Crippen molar-refractivity contribution in [1.29, 1.82) is 0 Å². The molecule has 7 nitrogen and oxygen atoms in total. The van der Waals surface area contributed by atoms with E-state index in [-0.39, 0.29) is 5.91 Å². The van der Waals surface area contributed by atoms with E-state index in [0.29, 0.717) is 13.1 Å². The van der Waals surface area contributed by atoms with E-state index >= 15 is 0 Å². The molecular weight excluding hydrogens is 306 g/mol. The van der Waals surface area contributed by atoms with Gasteiger partial charge in [-0.25, -0.2) is 9.97 Å². The second-order valence-corrected chi connectivity index (χ2v) is 5.77. The highest BCUT2D eigenvalue weighted by molar-refractivity contribution is 5.84. The maximum Gasteiger partial charge on any atom is 0.242 e. The molecule has 24 heavy (non-hydrogen) atoms. The molecule has 2 aromatic rings. The second-order valence-electron chi connectivity index (χ2n) is 5.77. The zero-order valence-electron chi connectivity index (χ0n) is 13.8. The third-order valence-electron chi connectivity index (χ3n) is 4.23. The molecule has 1 aromatic carbocycles. The molecular formula is C17H21N5O2. The fraction of sp³-hybridized carbons (Fsp3) is 0.353. The zero-order chi connectivity index (χ0) is 17.1. The van der Waals surface area contributed by atoms with Gasteiger partial charge in [-0.2, -0.15) is 0 Å². The fourth-order valence-electron chi connectivity index (χ4n) is 2.93. The average molecular weight is 327 g/mol. The Morgan fingerprint density at radius 1 is 1.25 bits per heavy atom. The maximum atomic E-state index is 12.0. The van der Waals surface area contributed by atoms with Gasteiger partial charge in [0.15, 0.2) is 0 Å². The standard InChI is InChI=1S/C17H21N5O2/c1-12-9-16(20-11-19-12)22-8-7-21(10-15(22)17(18)23)13-3-5-14(24-2)6-4-13/h3-6,9,11,15H,7-8,10H2,1-2H3,(H2,18,23)/t15-/m0/s1. The van der Waals surface area contributed by atoms with Crippen molar-refractivity contribution in [3.05, 3.63) is 42.4 Å². The fourth-order valence-corrected chi connectivity index (χ4v) is 2.93. The highest BCUT2D eigenvalue weighted by Gasteiger charge is 2.32. The summed E-state index contributed by atoms with van der Waals surface area (Å²) in [5.41, 5.74) is 7.55. The van der Waals surface area contributed by atoms with Gasteiger partial charge in [-0.15, -0.1) is 0 Å². The predicted octanol–water partition coefficient (Wildman–Crippen LogP) is 0.974. The van der Waals surface area contributed by atoms with E-state index in [0.717, 1.165) is 29.5 Å². The molecule has 1 aromatic heterocycles. The van der Waals surface area contributed by atoms with Crippen molar-refractivity contribution in [2.45, 2.75) is 13.0 Å². The molecule has 7 heteroatoms. The summed E-state index contributed by atoms with van der Waals surface area (Å²) in [6.45, 7) is 3.86. The first-order valence-corrected chi connectivity index (χ1v) is 7.82. The lowest BCUT2D eigenvalue weighted by atomic mass is 10.1. The highest BCUT2D eigenvalue weighted by Crippen LogP contribution is 2.24. The van der Waals surface area contributed by atoms with Gasteiger partial charge in [0.1, 0.15) is 23.9 Å². The number of benzene rings is 1. The van der Waals surface area contributed by atoms with Crippen LogP contribution in [0, 0.1) is 6.92 Å². The summed E-state index contributed by atoms with van der Waals surface area (Å²) in [5, 5.41) is 0. The number of aryl methyl sites for hydroxylation is 1. The molecule has 1 amide bonds. The minimum atomic E-state index is -0.435. The van der Waals surface area contributed by atoms with E-state index in [2.05, 4.69) is 14.9 Å². The number of nitrogens with two attached hydrogens (primary N) is 1. The number of rotatable bonds is 4. The number of methoxy groups -OCH3 is 1. The van der Waals surface area contributed by atoms with E-state index in [4.69, 9.17) is 10.5 Å². The van der Waals surface area contributed by atoms with Crippen molar-refractivity contribution in [2.75, 3.05) is 36.5 Å². The van der Waals surface area contributed by atoms with E-state index < -0.39 is 6.04 Å². The molecule has 0 saturated carbocycles. The number of aromatic nitrogens is 2. The van der Waals surface area contributed by atoms with Crippen LogP contribution < -0.4 is 20.3 Å². The lowest BCUT2D eigenvalue weighted by molar-refractivity contribution is -0.119. The first-order valence-electron chi connectivity index (χ1n) is 7.82. The Balaban J connectivity index is 1.81. The molecule has 2 heterocycles. The highest BCUT2D eigenvalue weighted by atomic mass is 16.5. The summed E-state index contributed by atoms with van der Waals surface area (Å²) in [6.07, 6.45) is 1.51. The van der Waals surface area contributed by atoms with Gasteiger partial charge in [-0.3, -0.25) is 4.79 Å². The maximum absolute atomic E-state index is 12.0. The van der Waals surface area contributed by atoms with Gasteiger partial charge in [0.25, 0.3) is 0 Å².